The zero-order chi connectivity index (χ0) is 25.5. The molecule has 9 heteroatoms. The van der Waals surface area contributed by atoms with Gasteiger partial charge in [0.1, 0.15) is 5.56 Å². The number of benzene rings is 3. The monoisotopic (exact) mass is 486 g/mol. The van der Waals surface area contributed by atoms with E-state index in [1.165, 1.54) is 19.2 Å². The van der Waals surface area contributed by atoms with Crippen LogP contribution in [0.1, 0.15) is 28.4 Å². The van der Waals surface area contributed by atoms with Gasteiger partial charge in [0.25, 0.3) is 11.6 Å². The average molecular weight is 487 g/mol. The summed E-state index contributed by atoms with van der Waals surface area (Å²) in [6.07, 6.45) is 1.88. The summed E-state index contributed by atoms with van der Waals surface area (Å²) >= 11 is 0. The third kappa shape index (κ3) is 5.52. The number of nitro groups is 1. The summed E-state index contributed by atoms with van der Waals surface area (Å²) < 4.78 is 12.5. The van der Waals surface area contributed by atoms with Crippen molar-refractivity contribution in [3.8, 4) is 22.8 Å². The minimum atomic E-state index is -0.607. The third-order valence-corrected chi connectivity index (χ3v) is 5.53. The summed E-state index contributed by atoms with van der Waals surface area (Å²) in [6.45, 7) is 2.75. The van der Waals surface area contributed by atoms with Crippen LogP contribution in [0.25, 0.3) is 11.3 Å². The number of aromatic nitrogens is 2. The van der Waals surface area contributed by atoms with E-state index in [0.717, 1.165) is 22.4 Å². The highest BCUT2D eigenvalue weighted by Gasteiger charge is 2.25. The van der Waals surface area contributed by atoms with E-state index in [1.807, 2.05) is 71.5 Å². The molecule has 1 aromatic heterocycles. The van der Waals surface area contributed by atoms with Crippen molar-refractivity contribution in [1.82, 2.24) is 15.1 Å². The van der Waals surface area contributed by atoms with Crippen LogP contribution in [-0.4, -0.2) is 34.3 Å². The van der Waals surface area contributed by atoms with Gasteiger partial charge in [-0.05, 0) is 12.5 Å². The third-order valence-electron chi connectivity index (χ3n) is 5.53. The number of rotatable bonds is 10. The molecule has 0 unspecified atom stereocenters. The standard InChI is InChI=1S/C27H26N4O5/c1-3-36-25-15-23(31(33)34)22(14-24(25)35-2)27(32)28-16-21-18-30(17-19-10-6-4-7-11-19)29-26(21)20-12-8-5-9-13-20/h4-15,18H,3,16-17H2,1-2H3,(H,28,32). The lowest BCUT2D eigenvalue weighted by Gasteiger charge is -2.12. The van der Waals surface area contributed by atoms with Crippen LogP contribution < -0.4 is 14.8 Å². The van der Waals surface area contributed by atoms with Crippen LogP contribution in [-0.2, 0) is 13.1 Å². The van der Waals surface area contributed by atoms with Gasteiger partial charge in [0.2, 0.25) is 0 Å². The van der Waals surface area contributed by atoms with Gasteiger partial charge in [-0.3, -0.25) is 19.6 Å². The Morgan fingerprint density at radius 3 is 2.39 bits per heavy atom. The van der Waals surface area contributed by atoms with Crippen LogP contribution in [0.4, 0.5) is 5.69 Å². The molecular formula is C27H26N4O5. The van der Waals surface area contributed by atoms with Gasteiger partial charge < -0.3 is 14.8 Å². The van der Waals surface area contributed by atoms with Gasteiger partial charge in [-0.1, -0.05) is 60.7 Å². The quantitative estimate of drug-likeness (QED) is 0.254. The Bertz CT molecular complexity index is 1350. The molecule has 0 fully saturated rings. The van der Waals surface area contributed by atoms with E-state index in [1.54, 1.807) is 6.92 Å². The molecule has 0 spiro atoms. The Hall–Kier alpha value is -4.66. The summed E-state index contributed by atoms with van der Waals surface area (Å²) in [5.74, 6) is -0.150. The molecule has 0 aliphatic carbocycles. The van der Waals surface area contributed by atoms with Crippen LogP contribution >= 0.6 is 0 Å². The van der Waals surface area contributed by atoms with E-state index in [2.05, 4.69) is 5.32 Å². The molecule has 0 bridgehead atoms. The largest absolute Gasteiger partial charge is 0.493 e. The second-order valence-electron chi connectivity index (χ2n) is 7.95. The molecule has 3 aromatic carbocycles. The van der Waals surface area contributed by atoms with Gasteiger partial charge in [0.15, 0.2) is 11.5 Å². The Morgan fingerprint density at radius 2 is 1.75 bits per heavy atom. The van der Waals surface area contributed by atoms with Crippen LogP contribution in [0.15, 0.2) is 79.0 Å². The first-order valence-electron chi connectivity index (χ1n) is 11.4. The number of carbonyl (C=O) groups is 1. The minimum absolute atomic E-state index is 0.113. The van der Waals surface area contributed by atoms with Crippen LogP contribution in [0.5, 0.6) is 11.5 Å². The van der Waals surface area contributed by atoms with E-state index in [9.17, 15) is 14.9 Å². The summed E-state index contributed by atoms with van der Waals surface area (Å²) in [6, 6.07) is 22.1. The topological polar surface area (TPSA) is 109 Å². The lowest BCUT2D eigenvalue weighted by molar-refractivity contribution is -0.385. The number of ether oxygens (including phenoxy) is 2. The molecule has 4 rings (SSSR count). The van der Waals surface area contributed by atoms with Crippen molar-refractivity contribution in [2.24, 2.45) is 0 Å². The van der Waals surface area contributed by atoms with E-state index in [4.69, 9.17) is 14.6 Å². The lowest BCUT2D eigenvalue weighted by atomic mass is 10.1. The van der Waals surface area contributed by atoms with Crippen molar-refractivity contribution >= 4 is 11.6 Å². The van der Waals surface area contributed by atoms with Crippen molar-refractivity contribution < 1.29 is 19.2 Å². The molecule has 0 saturated heterocycles. The van der Waals surface area contributed by atoms with Crippen LogP contribution in [0, 0.1) is 10.1 Å². The molecule has 0 aliphatic rings. The first kappa shape index (κ1) is 24.5. The molecule has 1 heterocycles. The Labute approximate surface area is 208 Å². The first-order chi connectivity index (χ1) is 17.5. The highest BCUT2D eigenvalue weighted by atomic mass is 16.6. The minimum Gasteiger partial charge on any atom is -0.493 e. The molecule has 1 N–H and O–H groups in total. The number of nitro benzene ring substituents is 1. The predicted octanol–water partition coefficient (Wildman–Crippen LogP) is 4.84. The lowest BCUT2D eigenvalue weighted by Crippen LogP contribution is -2.24. The van der Waals surface area contributed by atoms with Gasteiger partial charge in [-0.25, -0.2) is 0 Å². The fraction of sp³-hybridized carbons (Fsp3) is 0.185. The maximum absolute atomic E-state index is 13.1. The van der Waals surface area contributed by atoms with E-state index >= 15 is 0 Å². The van der Waals surface area contributed by atoms with E-state index in [-0.39, 0.29) is 29.3 Å². The van der Waals surface area contributed by atoms with Crippen molar-refractivity contribution in [3.05, 3.63) is 106 Å². The molecule has 184 valence electrons. The zero-order valence-electron chi connectivity index (χ0n) is 20.0. The first-order valence-corrected chi connectivity index (χ1v) is 11.4. The number of methoxy groups -OCH3 is 1. The average Bonchev–Trinajstić information content (AvgIpc) is 3.30. The summed E-state index contributed by atoms with van der Waals surface area (Å²) in [4.78, 5) is 24.2. The number of nitrogens with one attached hydrogen (secondary N) is 1. The van der Waals surface area contributed by atoms with Gasteiger partial charge >= 0.3 is 0 Å². The number of nitrogens with zero attached hydrogens (tertiary/aromatic N) is 3. The van der Waals surface area contributed by atoms with Crippen molar-refractivity contribution in [2.75, 3.05) is 13.7 Å². The Balaban J connectivity index is 1.62. The second kappa shape index (κ2) is 11.2. The maximum Gasteiger partial charge on any atom is 0.286 e. The number of amides is 1. The van der Waals surface area contributed by atoms with Crippen molar-refractivity contribution in [2.45, 2.75) is 20.0 Å². The Morgan fingerprint density at radius 1 is 1.06 bits per heavy atom. The molecule has 9 nitrogen and oxygen atoms in total. The second-order valence-corrected chi connectivity index (χ2v) is 7.95. The van der Waals surface area contributed by atoms with Gasteiger partial charge in [0.05, 0.1) is 36.9 Å². The number of carbonyl (C=O) groups excluding carboxylic acids is 1. The Kier molecular flexibility index (Phi) is 7.60. The normalized spacial score (nSPS) is 10.6. The molecule has 1 amide bonds. The molecule has 36 heavy (non-hydrogen) atoms. The van der Waals surface area contributed by atoms with E-state index < -0.39 is 10.8 Å². The van der Waals surface area contributed by atoms with Crippen molar-refractivity contribution in [1.29, 1.82) is 0 Å². The highest BCUT2D eigenvalue weighted by molar-refractivity contribution is 5.99. The predicted molar refractivity (Wildman–Crippen MR) is 135 cm³/mol. The smallest absolute Gasteiger partial charge is 0.286 e. The van der Waals surface area contributed by atoms with Gasteiger partial charge in [-0.15, -0.1) is 0 Å². The van der Waals surface area contributed by atoms with Crippen LogP contribution in [0.2, 0.25) is 0 Å². The number of hydrogen-bond donors (Lipinski definition) is 1. The highest BCUT2D eigenvalue weighted by Crippen LogP contribution is 2.35. The fourth-order valence-electron chi connectivity index (χ4n) is 3.86. The summed E-state index contributed by atoms with van der Waals surface area (Å²) in [7, 11) is 1.42. The van der Waals surface area contributed by atoms with Gasteiger partial charge in [-0.2, -0.15) is 5.10 Å². The van der Waals surface area contributed by atoms with Crippen LogP contribution in [0.3, 0.4) is 0 Å². The van der Waals surface area contributed by atoms with Crippen molar-refractivity contribution in [3.63, 3.8) is 0 Å². The molecule has 0 atom stereocenters. The summed E-state index contributed by atoms with van der Waals surface area (Å²) in [5, 5.41) is 19.2. The molecule has 4 aromatic rings. The molecule has 0 saturated carbocycles. The van der Waals surface area contributed by atoms with Gasteiger partial charge in [0, 0.05) is 29.9 Å². The molecule has 0 aliphatic heterocycles. The van der Waals surface area contributed by atoms with E-state index in [0.29, 0.717) is 13.2 Å². The molecular weight excluding hydrogens is 460 g/mol. The maximum atomic E-state index is 13.1. The fourth-order valence-corrected chi connectivity index (χ4v) is 3.86. The molecule has 0 radical (unpaired) electrons. The summed E-state index contributed by atoms with van der Waals surface area (Å²) in [5.41, 5.74) is 3.03. The zero-order valence-corrected chi connectivity index (χ0v) is 20.0. The number of hydrogen-bond acceptors (Lipinski definition) is 6. The SMILES string of the molecule is CCOc1cc([N+](=O)[O-])c(C(=O)NCc2cn(Cc3ccccc3)nc2-c2ccccc2)cc1OC.